The molecule has 0 fully saturated rings. The van der Waals surface area contributed by atoms with Crippen LogP contribution in [0.2, 0.25) is 0 Å². The summed E-state index contributed by atoms with van der Waals surface area (Å²) in [4.78, 5) is 36.6. The van der Waals surface area contributed by atoms with Gasteiger partial charge >= 0.3 is 0 Å². The molecule has 2 aromatic rings. The average molecular weight is 339 g/mol. The van der Waals surface area contributed by atoms with Gasteiger partial charge in [0.25, 0.3) is 17.7 Å². The molecule has 0 saturated carbocycles. The molecule has 0 heterocycles. The van der Waals surface area contributed by atoms with Crippen molar-refractivity contribution in [1.82, 2.24) is 16.2 Å². The van der Waals surface area contributed by atoms with Crippen molar-refractivity contribution >= 4 is 17.7 Å². The van der Waals surface area contributed by atoms with Gasteiger partial charge in [0.1, 0.15) is 6.04 Å². The average Bonchev–Trinajstić information content (AvgIpc) is 2.64. The van der Waals surface area contributed by atoms with Crippen LogP contribution in [0.5, 0.6) is 0 Å². The van der Waals surface area contributed by atoms with Crippen LogP contribution in [0.15, 0.2) is 60.7 Å². The summed E-state index contributed by atoms with van der Waals surface area (Å²) in [7, 11) is 0. The lowest BCUT2D eigenvalue weighted by Gasteiger charge is -2.21. The molecule has 0 bridgehead atoms. The molecule has 0 saturated heterocycles. The Morgan fingerprint density at radius 3 is 1.68 bits per heavy atom. The van der Waals surface area contributed by atoms with Crippen molar-refractivity contribution in [1.29, 1.82) is 0 Å². The molecule has 0 aliphatic heterocycles. The Morgan fingerprint density at radius 1 is 0.720 bits per heavy atom. The first kappa shape index (κ1) is 18.2. The number of rotatable bonds is 5. The highest BCUT2D eigenvalue weighted by molar-refractivity contribution is 5.99. The van der Waals surface area contributed by atoms with Gasteiger partial charge in [-0.3, -0.25) is 25.2 Å². The molecule has 0 radical (unpaired) electrons. The van der Waals surface area contributed by atoms with E-state index in [2.05, 4.69) is 16.2 Å². The third-order valence-corrected chi connectivity index (χ3v) is 3.61. The van der Waals surface area contributed by atoms with Gasteiger partial charge < -0.3 is 5.32 Å². The third kappa shape index (κ3) is 5.17. The first-order valence-corrected chi connectivity index (χ1v) is 8.00. The molecule has 0 spiro atoms. The van der Waals surface area contributed by atoms with Crippen molar-refractivity contribution in [3.05, 3.63) is 71.8 Å². The maximum Gasteiger partial charge on any atom is 0.269 e. The predicted molar refractivity (Wildman–Crippen MR) is 94.6 cm³/mol. The van der Waals surface area contributed by atoms with E-state index in [1.165, 1.54) is 0 Å². The SMILES string of the molecule is CC(C)C(NC(=O)c1ccccc1)C(=O)NNC(=O)c1ccccc1. The molecule has 0 aliphatic rings. The maximum atomic E-state index is 12.3. The minimum atomic E-state index is -0.774. The van der Waals surface area contributed by atoms with Crippen LogP contribution in [0, 0.1) is 5.92 Å². The summed E-state index contributed by atoms with van der Waals surface area (Å²) in [6, 6.07) is 16.4. The van der Waals surface area contributed by atoms with Gasteiger partial charge in [0, 0.05) is 11.1 Å². The highest BCUT2D eigenvalue weighted by Gasteiger charge is 2.25. The quantitative estimate of drug-likeness (QED) is 0.727. The van der Waals surface area contributed by atoms with Crippen LogP contribution in [0.25, 0.3) is 0 Å². The highest BCUT2D eigenvalue weighted by Crippen LogP contribution is 2.05. The van der Waals surface area contributed by atoms with E-state index >= 15 is 0 Å². The summed E-state index contributed by atoms with van der Waals surface area (Å²) in [5, 5.41) is 2.69. The standard InChI is InChI=1S/C19H21N3O3/c1-13(2)16(20-17(23)14-9-5-3-6-10-14)19(25)22-21-18(24)15-11-7-4-8-12-15/h3-13,16H,1-2H3,(H,20,23)(H,21,24)(H,22,25). The van der Waals surface area contributed by atoms with Crippen LogP contribution in [0.4, 0.5) is 0 Å². The molecule has 25 heavy (non-hydrogen) atoms. The van der Waals surface area contributed by atoms with Gasteiger partial charge in [-0.25, -0.2) is 0 Å². The smallest absolute Gasteiger partial charge is 0.269 e. The third-order valence-electron chi connectivity index (χ3n) is 3.61. The number of carbonyl (C=O) groups is 3. The Balaban J connectivity index is 1.96. The summed E-state index contributed by atoms with van der Waals surface area (Å²) >= 11 is 0. The Labute approximate surface area is 146 Å². The summed E-state index contributed by atoms with van der Waals surface area (Å²) in [6.45, 7) is 3.63. The predicted octanol–water partition coefficient (Wildman–Crippen LogP) is 1.90. The van der Waals surface area contributed by atoms with Gasteiger partial charge in [-0.15, -0.1) is 0 Å². The zero-order chi connectivity index (χ0) is 18.2. The second-order valence-corrected chi connectivity index (χ2v) is 5.87. The largest absolute Gasteiger partial charge is 0.340 e. The molecule has 2 rings (SSSR count). The molecular weight excluding hydrogens is 318 g/mol. The molecular formula is C19H21N3O3. The Kier molecular flexibility index (Phi) is 6.28. The van der Waals surface area contributed by atoms with Crippen molar-refractivity contribution < 1.29 is 14.4 Å². The Hall–Kier alpha value is -3.15. The van der Waals surface area contributed by atoms with Crippen LogP contribution in [0.3, 0.4) is 0 Å². The topological polar surface area (TPSA) is 87.3 Å². The number of nitrogens with one attached hydrogen (secondary N) is 3. The molecule has 0 aliphatic carbocycles. The minimum Gasteiger partial charge on any atom is -0.340 e. The van der Waals surface area contributed by atoms with Gasteiger partial charge in [-0.05, 0) is 30.2 Å². The van der Waals surface area contributed by atoms with Crippen molar-refractivity contribution in [2.24, 2.45) is 5.92 Å². The lowest BCUT2D eigenvalue weighted by atomic mass is 10.0. The Bertz CT molecular complexity index is 730. The number of hydrogen-bond donors (Lipinski definition) is 3. The number of hydrogen-bond acceptors (Lipinski definition) is 3. The van der Waals surface area contributed by atoms with E-state index in [-0.39, 0.29) is 11.8 Å². The van der Waals surface area contributed by atoms with E-state index in [4.69, 9.17) is 0 Å². The fourth-order valence-electron chi connectivity index (χ4n) is 2.21. The lowest BCUT2D eigenvalue weighted by molar-refractivity contribution is -0.124. The van der Waals surface area contributed by atoms with E-state index in [0.29, 0.717) is 11.1 Å². The van der Waals surface area contributed by atoms with E-state index < -0.39 is 17.9 Å². The van der Waals surface area contributed by atoms with Crippen LogP contribution in [0.1, 0.15) is 34.6 Å². The first-order valence-electron chi connectivity index (χ1n) is 8.00. The highest BCUT2D eigenvalue weighted by atomic mass is 16.2. The normalized spacial score (nSPS) is 11.5. The van der Waals surface area contributed by atoms with Crippen molar-refractivity contribution in [3.63, 3.8) is 0 Å². The first-order chi connectivity index (χ1) is 12.0. The molecule has 1 atom stereocenters. The van der Waals surface area contributed by atoms with Crippen molar-refractivity contribution in [2.45, 2.75) is 19.9 Å². The van der Waals surface area contributed by atoms with Crippen molar-refractivity contribution in [2.75, 3.05) is 0 Å². The van der Waals surface area contributed by atoms with Gasteiger partial charge in [0.05, 0.1) is 0 Å². The van der Waals surface area contributed by atoms with E-state index in [1.54, 1.807) is 54.6 Å². The number of carbonyl (C=O) groups excluding carboxylic acids is 3. The summed E-state index contributed by atoms with van der Waals surface area (Å²) in [6.07, 6.45) is 0. The Morgan fingerprint density at radius 2 is 1.20 bits per heavy atom. The molecule has 130 valence electrons. The van der Waals surface area contributed by atoms with Gasteiger partial charge in [0.2, 0.25) is 0 Å². The molecule has 0 aromatic heterocycles. The number of hydrazine groups is 1. The van der Waals surface area contributed by atoms with Crippen molar-refractivity contribution in [3.8, 4) is 0 Å². The van der Waals surface area contributed by atoms with Gasteiger partial charge in [-0.2, -0.15) is 0 Å². The molecule has 6 nitrogen and oxygen atoms in total. The van der Waals surface area contributed by atoms with Crippen LogP contribution >= 0.6 is 0 Å². The lowest BCUT2D eigenvalue weighted by Crippen LogP contribution is -2.54. The number of amides is 3. The van der Waals surface area contributed by atoms with Gasteiger partial charge in [-0.1, -0.05) is 50.2 Å². The number of benzene rings is 2. The summed E-state index contributed by atoms with van der Waals surface area (Å²) < 4.78 is 0. The zero-order valence-corrected chi connectivity index (χ0v) is 14.2. The maximum absolute atomic E-state index is 12.3. The van der Waals surface area contributed by atoms with E-state index in [0.717, 1.165) is 0 Å². The fraction of sp³-hybridized carbons (Fsp3) is 0.211. The fourth-order valence-corrected chi connectivity index (χ4v) is 2.21. The van der Waals surface area contributed by atoms with E-state index in [1.807, 2.05) is 19.9 Å². The molecule has 2 aromatic carbocycles. The molecule has 3 N–H and O–H groups in total. The van der Waals surface area contributed by atoms with Crippen LogP contribution in [-0.4, -0.2) is 23.8 Å². The second kappa shape index (κ2) is 8.63. The summed E-state index contributed by atoms with van der Waals surface area (Å²) in [5.41, 5.74) is 5.62. The monoisotopic (exact) mass is 339 g/mol. The van der Waals surface area contributed by atoms with E-state index in [9.17, 15) is 14.4 Å². The minimum absolute atomic E-state index is 0.152. The summed E-state index contributed by atoms with van der Waals surface area (Å²) in [5.74, 6) is -1.40. The zero-order valence-electron chi connectivity index (χ0n) is 14.2. The second-order valence-electron chi connectivity index (χ2n) is 5.87. The molecule has 3 amide bonds. The van der Waals surface area contributed by atoms with Crippen LogP contribution < -0.4 is 16.2 Å². The molecule has 6 heteroatoms. The van der Waals surface area contributed by atoms with Gasteiger partial charge in [0.15, 0.2) is 0 Å². The van der Waals surface area contributed by atoms with Crippen LogP contribution in [-0.2, 0) is 4.79 Å². The molecule has 1 unspecified atom stereocenters.